The summed E-state index contributed by atoms with van der Waals surface area (Å²) in [5, 5.41) is 23.2. The molecule has 0 bridgehead atoms. The van der Waals surface area contributed by atoms with Crippen LogP contribution in [0.15, 0.2) is 36.7 Å². The average Bonchev–Trinajstić information content (AvgIpc) is 2.48. The Labute approximate surface area is 122 Å². The molecule has 0 spiro atoms. The summed E-state index contributed by atoms with van der Waals surface area (Å²) in [4.78, 5) is 14.6. The van der Waals surface area contributed by atoms with Crippen LogP contribution in [0.25, 0.3) is 0 Å². The van der Waals surface area contributed by atoms with E-state index in [1.807, 2.05) is 13.0 Å². The molecule has 1 heterocycles. The van der Waals surface area contributed by atoms with Gasteiger partial charge in [-0.25, -0.2) is 0 Å². The summed E-state index contributed by atoms with van der Waals surface area (Å²) >= 11 is 0. The predicted octanol–water partition coefficient (Wildman–Crippen LogP) is 2.45. The van der Waals surface area contributed by atoms with Gasteiger partial charge in [-0.05, 0) is 48.2 Å². The van der Waals surface area contributed by atoms with E-state index in [9.17, 15) is 10.1 Å². The van der Waals surface area contributed by atoms with Crippen LogP contribution in [0.4, 0.5) is 11.4 Å². The highest BCUT2D eigenvalue weighted by Gasteiger charge is 2.13. The number of hydrogen-bond acceptors (Lipinski definition) is 5. The number of pyridine rings is 1. The zero-order valence-corrected chi connectivity index (χ0v) is 11.7. The molecule has 0 saturated carbocycles. The molecule has 2 N–H and O–H groups in total. The maximum absolute atomic E-state index is 11.0. The van der Waals surface area contributed by atoms with Crippen molar-refractivity contribution in [2.45, 2.75) is 20.0 Å². The Morgan fingerprint density at radius 2 is 2.19 bits per heavy atom. The van der Waals surface area contributed by atoms with Crippen LogP contribution in [-0.4, -0.2) is 21.6 Å². The molecule has 6 heteroatoms. The standard InChI is InChI=1S/C15H17N3O3/c1-11-9-16-6-4-13(11)5-7-17-14-8-12(10-19)2-3-15(14)18(20)21/h2-4,6,8-9,17,19H,5,7,10H2,1H3. The average molecular weight is 287 g/mol. The summed E-state index contributed by atoms with van der Waals surface area (Å²) in [5.41, 5.74) is 3.33. The Bertz CT molecular complexity index is 644. The first-order chi connectivity index (χ1) is 10.1. The predicted molar refractivity (Wildman–Crippen MR) is 80.2 cm³/mol. The Balaban J connectivity index is 2.08. The van der Waals surface area contributed by atoms with Crippen LogP contribution in [0, 0.1) is 17.0 Å². The Kier molecular flexibility index (Phi) is 4.84. The first-order valence-electron chi connectivity index (χ1n) is 6.63. The number of nitrogens with one attached hydrogen (secondary N) is 1. The minimum atomic E-state index is -0.429. The van der Waals surface area contributed by atoms with E-state index in [0.29, 0.717) is 17.8 Å². The van der Waals surface area contributed by atoms with Crippen molar-refractivity contribution in [2.75, 3.05) is 11.9 Å². The third-order valence-corrected chi connectivity index (χ3v) is 3.29. The quantitative estimate of drug-likeness (QED) is 0.629. The van der Waals surface area contributed by atoms with E-state index in [0.717, 1.165) is 17.5 Å². The lowest BCUT2D eigenvalue weighted by Gasteiger charge is -2.09. The number of benzene rings is 1. The molecule has 1 aromatic heterocycles. The van der Waals surface area contributed by atoms with Crippen molar-refractivity contribution in [3.8, 4) is 0 Å². The first-order valence-corrected chi connectivity index (χ1v) is 6.63. The van der Waals surface area contributed by atoms with Gasteiger partial charge in [0.25, 0.3) is 5.69 Å². The van der Waals surface area contributed by atoms with E-state index in [4.69, 9.17) is 5.11 Å². The molecular formula is C15H17N3O3. The summed E-state index contributed by atoms with van der Waals surface area (Å²) in [6, 6.07) is 6.51. The van der Waals surface area contributed by atoms with Crippen LogP contribution in [0.2, 0.25) is 0 Å². The van der Waals surface area contributed by atoms with Gasteiger partial charge in [0, 0.05) is 25.0 Å². The van der Waals surface area contributed by atoms with Crippen molar-refractivity contribution < 1.29 is 10.0 Å². The number of anilines is 1. The summed E-state index contributed by atoms with van der Waals surface area (Å²) in [6.45, 7) is 2.41. The summed E-state index contributed by atoms with van der Waals surface area (Å²) in [6.07, 6.45) is 4.27. The normalized spacial score (nSPS) is 10.4. The van der Waals surface area contributed by atoms with Gasteiger partial charge in [0.1, 0.15) is 5.69 Å². The summed E-state index contributed by atoms with van der Waals surface area (Å²) in [7, 11) is 0. The van der Waals surface area contributed by atoms with Gasteiger partial charge in [0.05, 0.1) is 11.5 Å². The number of aryl methyl sites for hydroxylation is 1. The van der Waals surface area contributed by atoms with Gasteiger partial charge in [0.15, 0.2) is 0 Å². The molecule has 1 aromatic carbocycles. The van der Waals surface area contributed by atoms with Gasteiger partial charge in [0.2, 0.25) is 0 Å². The fourth-order valence-corrected chi connectivity index (χ4v) is 2.10. The maximum Gasteiger partial charge on any atom is 0.292 e. The number of nitrogens with zero attached hydrogens (tertiary/aromatic N) is 2. The van der Waals surface area contributed by atoms with Crippen LogP contribution in [0.1, 0.15) is 16.7 Å². The third kappa shape index (κ3) is 3.76. The maximum atomic E-state index is 11.0. The number of aliphatic hydroxyl groups is 1. The smallest absolute Gasteiger partial charge is 0.292 e. The first kappa shape index (κ1) is 14.9. The second kappa shape index (κ2) is 6.81. The molecule has 0 unspecified atom stereocenters. The van der Waals surface area contributed by atoms with Gasteiger partial charge in [-0.1, -0.05) is 0 Å². The van der Waals surface area contributed by atoms with Gasteiger partial charge in [-0.15, -0.1) is 0 Å². The van der Waals surface area contributed by atoms with Crippen LogP contribution in [0.5, 0.6) is 0 Å². The third-order valence-electron chi connectivity index (χ3n) is 3.29. The SMILES string of the molecule is Cc1cnccc1CCNc1cc(CO)ccc1[N+](=O)[O-]. The lowest BCUT2D eigenvalue weighted by molar-refractivity contribution is -0.384. The highest BCUT2D eigenvalue weighted by molar-refractivity contribution is 5.62. The molecule has 0 radical (unpaired) electrons. The lowest BCUT2D eigenvalue weighted by atomic mass is 10.1. The molecule has 0 aliphatic carbocycles. The summed E-state index contributed by atoms with van der Waals surface area (Å²) in [5.74, 6) is 0. The van der Waals surface area contributed by atoms with E-state index in [-0.39, 0.29) is 12.3 Å². The van der Waals surface area contributed by atoms with Crippen LogP contribution in [-0.2, 0) is 13.0 Å². The van der Waals surface area contributed by atoms with E-state index in [1.54, 1.807) is 24.5 Å². The van der Waals surface area contributed by atoms with Crippen molar-refractivity contribution in [3.05, 3.63) is 63.5 Å². The number of nitro groups is 1. The second-order valence-electron chi connectivity index (χ2n) is 4.75. The van der Waals surface area contributed by atoms with Crippen LogP contribution in [0.3, 0.4) is 0 Å². The molecule has 6 nitrogen and oxygen atoms in total. The van der Waals surface area contributed by atoms with Crippen molar-refractivity contribution in [3.63, 3.8) is 0 Å². The fraction of sp³-hybridized carbons (Fsp3) is 0.267. The number of hydrogen-bond donors (Lipinski definition) is 2. The fourth-order valence-electron chi connectivity index (χ4n) is 2.10. The molecule has 0 aliphatic rings. The number of aliphatic hydroxyl groups excluding tert-OH is 1. The molecule has 0 amide bonds. The van der Waals surface area contributed by atoms with Gasteiger partial charge < -0.3 is 10.4 Å². The molecule has 2 rings (SSSR count). The molecule has 0 atom stereocenters. The van der Waals surface area contributed by atoms with E-state index in [1.165, 1.54) is 6.07 Å². The topological polar surface area (TPSA) is 88.3 Å². The zero-order valence-electron chi connectivity index (χ0n) is 11.7. The number of rotatable bonds is 6. The number of nitro benzene ring substituents is 1. The van der Waals surface area contributed by atoms with Crippen LogP contribution < -0.4 is 5.32 Å². The molecular weight excluding hydrogens is 270 g/mol. The van der Waals surface area contributed by atoms with Crippen molar-refractivity contribution in [1.29, 1.82) is 0 Å². The lowest BCUT2D eigenvalue weighted by Crippen LogP contribution is -2.08. The second-order valence-corrected chi connectivity index (χ2v) is 4.75. The van der Waals surface area contributed by atoms with Crippen molar-refractivity contribution in [1.82, 2.24) is 4.98 Å². The monoisotopic (exact) mass is 287 g/mol. The van der Waals surface area contributed by atoms with Crippen molar-refractivity contribution in [2.24, 2.45) is 0 Å². The summed E-state index contributed by atoms with van der Waals surface area (Å²) < 4.78 is 0. The van der Waals surface area contributed by atoms with Gasteiger partial charge in [-0.3, -0.25) is 15.1 Å². The van der Waals surface area contributed by atoms with E-state index in [2.05, 4.69) is 10.3 Å². The molecule has 110 valence electrons. The highest BCUT2D eigenvalue weighted by atomic mass is 16.6. The Hall–Kier alpha value is -2.47. The van der Waals surface area contributed by atoms with Crippen molar-refractivity contribution >= 4 is 11.4 Å². The minimum absolute atomic E-state index is 0.0126. The van der Waals surface area contributed by atoms with E-state index < -0.39 is 4.92 Å². The molecule has 0 saturated heterocycles. The van der Waals surface area contributed by atoms with Gasteiger partial charge in [-0.2, -0.15) is 0 Å². The molecule has 21 heavy (non-hydrogen) atoms. The Morgan fingerprint density at radius 1 is 1.38 bits per heavy atom. The zero-order chi connectivity index (χ0) is 15.2. The van der Waals surface area contributed by atoms with E-state index >= 15 is 0 Å². The molecule has 2 aromatic rings. The molecule has 0 aliphatic heterocycles. The Morgan fingerprint density at radius 3 is 2.86 bits per heavy atom. The highest BCUT2D eigenvalue weighted by Crippen LogP contribution is 2.25. The number of aromatic nitrogens is 1. The van der Waals surface area contributed by atoms with Gasteiger partial charge >= 0.3 is 0 Å². The minimum Gasteiger partial charge on any atom is -0.392 e. The largest absolute Gasteiger partial charge is 0.392 e. The molecule has 0 fully saturated rings. The van der Waals surface area contributed by atoms with Crippen LogP contribution >= 0.6 is 0 Å².